The van der Waals surface area contributed by atoms with Gasteiger partial charge in [-0.05, 0) is 29.7 Å². The van der Waals surface area contributed by atoms with Crippen molar-refractivity contribution in [2.75, 3.05) is 4.90 Å². The van der Waals surface area contributed by atoms with Crippen molar-refractivity contribution in [3.05, 3.63) is 41.2 Å². The van der Waals surface area contributed by atoms with E-state index in [1.165, 1.54) is 47.4 Å². The molecule has 8 heteroatoms. The van der Waals surface area contributed by atoms with Crippen LogP contribution in [0.4, 0.5) is 15.2 Å². The molecule has 0 saturated carbocycles. The number of amides is 2. The Morgan fingerprint density at radius 2 is 1.92 bits per heavy atom. The maximum atomic E-state index is 13.1. The summed E-state index contributed by atoms with van der Waals surface area (Å²) in [6, 6.07) is 5.13. The number of halogens is 1. The van der Waals surface area contributed by atoms with Gasteiger partial charge in [0, 0.05) is 18.8 Å². The molecule has 2 rings (SSSR count). The summed E-state index contributed by atoms with van der Waals surface area (Å²) in [6.07, 6.45) is 0. The molecule has 1 unspecified atom stereocenters. The standard InChI is InChI=1S/C18H23FN4O2S/c1-11(24)23(14-7-5-12(19)6-8-14)17-22-13(10-26-17)9-21-15(16(20)25)18(2,3)4/h5-8,10,15,21H,9H2,1-4H3,(H2,20,25). The maximum Gasteiger partial charge on any atom is 0.235 e. The molecule has 1 heterocycles. The van der Waals surface area contributed by atoms with Gasteiger partial charge in [-0.1, -0.05) is 20.8 Å². The molecule has 2 amide bonds. The number of benzene rings is 1. The number of carbonyl (C=O) groups excluding carboxylic acids is 2. The Bertz CT molecular complexity index is 783. The van der Waals surface area contributed by atoms with E-state index in [-0.39, 0.29) is 17.1 Å². The lowest BCUT2D eigenvalue weighted by atomic mass is 9.86. The normalized spacial score (nSPS) is 12.7. The van der Waals surface area contributed by atoms with Crippen molar-refractivity contribution in [3.8, 4) is 0 Å². The Balaban J connectivity index is 2.18. The topological polar surface area (TPSA) is 88.3 Å². The van der Waals surface area contributed by atoms with Crippen LogP contribution in [-0.2, 0) is 16.1 Å². The summed E-state index contributed by atoms with van der Waals surface area (Å²) in [5, 5.41) is 5.41. The second-order valence-corrected chi connectivity index (χ2v) is 7.87. The average molecular weight is 378 g/mol. The van der Waals surface area contributed by atoms with Crippen LogP contribution in [0, 0.1) is 11.2 Å². The number of primary amides is 1. The first-order chi connectivity index (χ1) is 12.1. The Labute approximate surface area is 156 Å². The fourth-order valence-corrected chi connectivity index (χ4v) is 3.42. The average Bonchev–Trinajstić information content (AvgIpc) is 2.96. The van der Waals surface area contributed by atoms with Crippen LogP contribution in [0.2, 0.25) is 0 Å². The van der Waals surface area contributed by atoms with E-state index < -0.39 is 11.9 Å². The summed E-state index contributed by atoms with van der Waals surface area (Å²) in [5.41, 5.74) is 6.36. The van der Waals surface area contributed by atoms with Crippen LogP contribution in [0.15, 0.2) is 29.6 Å². The van der Waals surface area contributed by atoms with Crippen molar-refractivity contribution in [1.29, 1.82) is 0 Å². The molecule has 0 spiro atoms. The molecule has 1 aromatic heterocycles. The minimum Gasteiger partial charge on any atom is -0.368 e. The Morgan fingerprint density at radius 1 is 1.31 bits per heavy atom. The molecule has 0 radical (unpaired) electrons. The van der Waals surface area contributed by atoms with Crippen LogP contribution >= 0.6 is 11.3 Å². The monoisotopic (exact) mass is 378 g/mol. The Hall–Kier alpha value is -2.32. The molecule has 140 valence electrons. The van der Waals surface area contributed by atoms with Gasteiger partial charge in [-0.25, -0.2) is 9.37 Å². The number of thiazole rings is 1. The minimum absolute atomic E-state index is 0.227. The molecule has 0 bridgehead atoms. The van der Waals surface area contributed by atoms with Crippen molar-refractivity contribution >= 4 is 34.0 Å². The number of nitrogens with two attached hydrogens (primary N) is 1. The Kier molecular flexibility index (Phi) is 6.09. The largest absolute Gasteiger partial charge is 0.368 e. The molecule has 2 aromatic rings. The van der Waals surface area contributed by atoms with Crippen molar-refractivity contribution in [3.63, 3.8) is 0 Å². The number of anilines is 2. The van der Waals surface area contributed by atoms with Crippen molar-refractivity contribution in [2.45, 2.75) is 40.3 Å². The predicted octanol–water partition coefficient (Wildman–Crippen LogP) is 2.96. The quantitative estimate of drug-likeness (QED) is 0.809. The molecule has 0 fully saturated rings. The highest BCUT2D eigenvalue weighted by Gasteiger charge is 2.29. The van der Waals surface area contributed by atoms with E-state index in [0.717, 1.165) is 0 Å². The number of nitrogens with one attached hydrogen (secondary N) is 1. The van der Waals surface area contributed by atoms with E-state index in [1.807, 2.05) is 26.2 Å². The number of rotatable bonds is 6. The number of nitrogens with zero attached hydrogens (tertiary/aromatic N) is 2. The fourth-order valence-electron chi connectivity index (χ4n) is 2.54. The van der Waals surface area contributed by atoms with Crippen molar-refractivity contribution in [2.24, 2.45) is 11.1 Å². The third kappa shape index (κ3) is 4.86. The minimum atomic E-state index is -0.506. The van der Waals surface area contributed by atoms with E-state index >= 15 is 0 Å². The Morgan fingerprint density at radius 3 is 2.42 bits per heavy atom. The molecular weight excluding hydrogens is 355 g/mol. The van der Waals surface area contributed by atoms with Gasteiger partial charge >= 0.3 is 0 Å². The van der Waals surface area contributed by atoms with Gasteiger partial charge in [0.2, 0.25) is 11.8 Å². The first-order valence-corrected chi connectivity index (χ1v) is 9.01. The molecule has 3 N–H and O–H groups in total. The molecule has 1 atom stereocenters. The lowest BCUT2D eigenvalue weighted by Crippen LogP contribution is -2.49. The summed E-state index contributed by atoms with van der Waals surface area (Å²) in [4.78, 5) is 29.6. The number of hydrogen-bond donors (Lipinski definition) is 2. The lowest BCUT2D eigenvalue weighted by molar-refractivity contribution is -0.122. The molecule has 0 aliphatic carbocycles. The van der Waals surface area contributed by atoms with Crippen LogP contribution in [0.1, 0.15) is 33.4 Å². The number of carbonyl (C=O) groups is 2. The SMILES string of the molecule is CC(=O)N(c1ccc(F)cc1)c1nc(CNC(C(N)=O)C(C)(C)C)cs1. The van der Waals surface area contributed by atoms with Crippen molar-refractivity contribution < 1.29 is 14.0 Å². The van der Waals surface area contributed by atoms with Gasteiger partial charge in [-0.15, -0.1) is 11.3 Å². The highest BCUT2D eigenvalue weighted by molar-refractivity contribution is 7.14. The number of aromatic nitrogens is 1. The zero-order valence-electron chi connectivity index (χ0n) is 15.2. The molecule has 26 heavy (non-hydrogen) atoms. The second-order valence-electron chi connectivity index (χ2n) is 7.03. The zero-order chi connectivity index (χ0) is 19.5. The molecule has 1 aromatic carbocycles. The number of hydrogen-bond acceptors (Lipinski definition) is 5. The van der Waals surface area contributed by atoms with E-state index in [2.05, 4.69) is 10.3 Å². The molecule has 0 saturated heterocycles. The van der Waals surface area contributed by atoms with Crippen LogP contribution in [-0.4, -0.2) is 22.8 Å². The van der Waals surface area contributed by atoms with Gasteiger partial charge in [0.15, 0.2) is 5.13 Å². The highest BCUT2D eigenvalue weighted by atomic mass is 32.1. The van der Waals surface area contributed by atoms with Gasteiger partial charge in [0.25, 0.3) is 0 Å². The zero-order valence-corrected chi connectivity index (χ0v) is 16.1. The summed E-state index contributed by atoms with van der Waals surface area (Å²) in [7, 11) is 0. The molecule has 0 aliphatic rings. The third-order valence-corrected chi connectivity index (χ3v) is 4.64. The van der Waals surface area contributed by atoms with Gasteiger partial charge in [-0.3, -0.25) is 19.8 Å². The maximum absolute atomic E-state index is 13.1. The second kappa shape index (κ2) is 7.92. The summed E-state index contributed by atoms with van der Waals surface area (Å²) in [5.74, 6) is -1.03. The highest BCUT2D eigenvalue weighted by Crippen LogP contribution is 2.29. The smallest absolute Gasteiger partial charge is 0.235 e. The van der Waals surface area contributed by atoms with Crippen LogP contribution in [0.25, 0.3) is 0 Å². The van der Waals surface area contributed by atoms with Gasteiger partial charge < -0.3 is 5.73 Å². The first-order valence-electron chi connectivity index (χ1n) is 8.13. The summed E-state index contributed by atoms with van der Waals surface area (Å²) < 4.78 is 13.1. The van der Waals surface area contributed by atoms with Gasteiger partial charge in [-0.2, -0.15) is 0 Å². The first kappa shape index (κ1) is 20.0. The van der Waals surface area contributed by atoms with Gasteiger partial charge in [0.05, 0.1) is 17.4 Å². The predicted molar refractivity (Wildman–Crippen MR) is 101 cm³/mol. The molecule has 0 aliphatic heterocycles. The van der Waals surface area contributed by atoms with Crippen LogP contribution in [0.5, 0.6) is 0 Å². The van der Waals surface area contributed by atoms with Crippen LogP contribution < -0.4 is 16.0 Å². The van der Waals surface area contributed by atoms with E-state index in [0.29, 0.717) is 23.1 Å². The van der Waals surface area contributed by atoms with Crippen molar-refractivity contribution in [1.82, 2.24) is 10.3 Å². The fraction of sp³-hybridized carbons (Fsp3) is 0.389. The van der Waals surface area contributed by atoms with E-state index in [9.17, 15) is 14.0 Å². The van der Waals surface area contributed by atoms with E-state index in [1.54, 1.807) is 0 Å². The van der Waals surface area contributed by atoms with Crippen LogP contribution in [0.3, 0.4) is 0 Å². The van der Waals surface area contributed by atoms with Gasteiger partial charge in [0.1, 0.15) is 5.82 Å². The molecule has 6 nitrogen and oxygen atoms in total. The lowest BCUT2D eigenvalue weighted by Gasteiger charge is -2.28. The summed E-state index contributed by atoms with van der Waals surface area (Å²) in [6.45, 7) is 7.54. The third-order valence-electron chi connectivity index (χ3n) is 3.77. The summed E-state index contributed by atoms with van der Waals surface area (Å²) >= 11 is 1.30. The molecular formula is C18H23FN4O2S. The van der Waals surface area contributed by atoms with E-state index in [4.69, 9.17) is 5.73 Å².